The van der Waals surface area contributed by atoms with Crippen LogP contribution < -0.4 is 10.6 Å². The molecule has 0 atom stereocenters. The van der Waals surface area contributed by atoms with E-state index in [1.54, 1.807) is 16.4 Å². The maximum Gasteiger partial charge on any atom is 0.242 e. The van der Waals surface area contributed by atoms with Crippen molar-refractivity contribution in [2.45, 2.75) is 51.8 Å². The molecule has 1 aliphatic heterocycles. The molecule has 27 heavy (non-hydrogen) atoms. The number of carbonyl (C=O) groups excluding carboxylic acids is 2. The summed E-state index contributed by atoms with van der Waals surface area (Å²) < 4.78 is 1.63. The number of benzene rings is 1. The third kappa shape index (κ3) is 5.35. The van der Waals surface area contributed by atoms with Crippen molar-refractivity contribution < 1.29 is 9.59 Å². The summed E-state index contributed by atoms with van der Waals surface area (Å²) in [6.07, 6.45) is 0.417. The Morgan fingerprint density at radius 2 is 1.89 bits per heavy atom. The lowest BCUT2D eigenvalue weighted by molar-refractivity contribution is -0.122. The number of anilines is 1. The van der Waals surface area contributed by atoms with Gasteiger partial charge < -0.3 is 10.6 Å². The summed E-state index contributed by atoms with van der Waals surface area (Å²) in [4.78, 5) is 24.8. The monoisotopic (exact) mass is 386 g/mol. The number of hydrogen-bond donors (Lipinski definition) is 2. The van der Waals surface area contributed by atoms with Crippen molar-refractivity contribution in [2.24, 2.45) is 5.41 Å². The van der Waals surface area contributed by atoms with Crippen LogP contribution in [0.4, 0.5) is 5.82 Å². The maximum atomic E-state index is 12.4. The molecule has 0 bridgehead atoms. The van der Waals surface area contributed by atoms with E-state index >= 15 is 0 Å². The SMILES string of the molecule is CC(C)(C)CC(=O)Nc1c2c(nn1CC(=O)NCc1ccccc1)CSC2. The van der Waals surface area contributed by atoms with E-state index in [1.165, 1.54) is 0 Å². The molecule has 2 amide bonds. The highest BCUT2D eigenvalue weighted by molar-refractivity contribution is 7.98. The zero-order valence-electron chi connectivity index (χ0n) is 16.0. The second-order valence-corrected chi connectivity index (χ2v) is 8.96. The van der Waals surface area contributed by atoms with Crippen LogP contribution in [0.5, 0.6) is 0 Å². The number of carbonyl (C=O) groups is 2. The lowest BCUT2D eigenvalue weighted by atomic mass is 9.92. The van der Waals surface area contributed by atoms with Crippen LogP contribution in [0.25, 0.3) is 0 Å². The summed E-state index contributed by atoms with van der Waals surface area (Å²) in [5.41, 5.74) is 2.95. The molecule has 2 aromatic rings. The van der Waals surface area contributed by atoms with Gasteiger partial charge in [0.15, 0.2) is 0 Å². The highest BCUT2D eigenvalue weighted by Gasteiger charge is 2.26. The summed E-state index contributed by atoms with van der Waals surface area (Å²) in [5.74, 6) is 2.12. The zero-order valence-corrected chi connectivity index (χ0v) is 16.9. The molecule has 6 nitrogen and oxygen atoms in total. The highest BCUT2D eigenvalue weighted by atomic mass is 32.2. The van der Waals surface area contributed by atoms with Crippen LogP contribution in [0, 0.1) is 5.41 Å². The predicted molar refractivity (Wildman–Crippen MR) is 108 cm³/mol. The molecular weight excluding hydrogens is 360 g/mol. The molecule has 0 saturated heterocycles. The molecule has 0 saturated carbocycles. The average Bonchev–Trinajstić information content (AvgIpc) is 3.15. The Labute approximate surface area is 164 Å². The number of aromatic nitrogens is 2. The van der Waals surface area contributed by atoms with Crippen LogP contribution in [0.2, 0.25) is 0 Å². The summed E-state index contributed by atoms with van der Waals surface area (Å²) in [6, 6.07) is 9.78. The number of nitrogens with zero attached hydrogens (tertiary/aromatic N) is 2. The van der Waals surface area contributed by atoms with Crippen LogP contribution in [0.1, 0.15) is 44.0 Å². The Morgan fingerprint density at radius 3 is 2.59 bits per heavy atom. The fourth-order valence-electron chi connectivity index (χ4n) is 2.97. The minimum Gasteiger partial charge on any atom is -0.350 e. The van der Waals surface area contributed by atoms with Gasteiger partial charge in [-0.3, -0.25) is 9.59 Å². The van der Waals surface area contributed by atoms with Crippen LogP contribution >= 0.6 is 11.8 Å². The van der Waals surface area contributed by atoms with Gasteiger partial charge in [-0.05, 0) is 11.0 Å². The van der Waals surface area contributed by atoms with Crippen molar-refractivity contribution >= 4 is 29.4 Å². The summed E-state index contributed by atoms with van der Waals surface area (Å²) in [5, 5.41) is 10.5. The fourth-order valence-corrected chi connectivity index (χ4v) is 4.00. The molecule has 2 heterocycles. The van der Waals surface area contributed by atoms with Crippen molar-refractivity contribution in [1.82, 2.24) is 15.1 Å². The molecule has 7 heteroatoms. The second-order valence-electron chi connectivity index (χ2n) is 7.97. The molecule has 1 aromatic carbocycles. The van der Waals surface area contributed by atoms with Gasteiger partial charge in [0, 0.05) is 30.0 Å². The van der Waals surface area contributed by atoms with Crippen molar-refractivity contribution in [3.05, 3.63) is 47.2 Å². The van der Waals surface area contributed by atoms with Crippen molar-refractivity contribution in [3.8, 4) is 0 Å². The molecule has 144 valence electrons. The molecule has 2 N–H and O–H groups in total. The van der Waals surface area contributed by atoms with Gasteiger partial charge in [0.1, 0.15) is 12.4 Å². The Bertz CT molecular complexity index is 824. The van der Waals surface area contributed by atoms with Gasteiger partial charge in [0.2, 0.25) is 11.8 Å². The minimum atomic E-state index is -0.126. The number of fused-ring (bicyclic) bond motifs is 1. The number of thioether (sulfide) groups is 1. The van der Waals surface area contributed by atoms with E-state index in [4.69, 9.17) is 0 Å². The van der Waals surface area contributed by atoms with Crippen LogP contribution in [-0.4, -0.2) is 21.6 Å². The van der Waals surface area contributed by atoms with E-state index in [9.17, 15) is 9.59 Å². The maximum absolute atomic E-state index is 12.4. The zero-order chi connectivity index (χ0) is 19.4. The van der Waals surface area contributed by atoms with Crippen molar-refractivity contribution in [1.29, 1.82) is 0 Å². The first kappa shape index (κ1) is 19.5. The number of amides is 2. The molecule has 0 aliphatic carbocycles. The average molecular weight is 387 g/mol. The third-order valence-electron chi connectivity index (χ3n) is 4.19. The van der Waals surface area contributed by atoms with E-state index in [0.717, 1.165) is 28.3 Å². The summed E-state index contributed by atoms with van der Waals surface area (Å²) in [7, 11) is 0. The quantitative estimate of drug-likeness (QED) is 0.798. The topological polar surface area (TPSA) is 76.0 Å². The van der Waals surface area contributed by atoms with Crippen LogP contribution in [0.15, 0.2) is 30.3 Å². The Hall–Kier alpha value is -2.28. The summed E-state index contributed by atoms with van der Waals surface area (Å²) in [6.45, 7) is 6.65. The second kappa shape index (κ2) is 8.17. The standard InChI is InChI=1S/C20H26N4O2S/c1-20(2,3)9-17(25)22-19-15-12-27-13-16(15)23-24(19)11-18(26)21-10-14-7-5-4-6-8-14/h4-8H,9-13H2,1-3H3,(H,21,26)(H,22,25). The van der Waals surface area contributed by atoms with Gasteiger partial charge >= 0.3 is 0 Å². The van der Waals surface area contributed by atoms with E-state index in [2.05, 4.69) is 15.7 Å². The van der Waals surface area contributed by atoms with Gasteiger partial charge in [-0.1, -0.05) is 51.1 Å². The number of nitrogens with one attached hydrogen (secondary N) is 2. The van der Waals surface area contributed by atoms with E-state index in [1.807, 2.05) is 51.1 Å². The molecule has 0 fully saturated rings. The Kier molecular flexibility index (Phi) is 5.89. The minimum absolute atomic E-state index is 0.0481. The Balaban J connectivity index is 1.68. The third-order valence-corrected chi connectivity index (χ3v) is 5.16. The molecule has 1 aliphatic rings. The molecule has 3 rings (SSSR count). The van der Waals surface area contributed by atoms with E-state index < -0.39 is 0 Å². The Morgan fingerprint density at radius 1 is 1.15 bits per heavy atom. The van der Waals surface area contributed by atoms with E-state index in [0.29, 0.717) is 18.8 Å². The fraction of sp³-hybridized carbons (Fsp3) is 0.450. The summed E-state index contributed by atoms with van der Waals surface area (Å²) >= 11 is 1.77. The first-order valence-corrected chi connectivity index (χ1v) is 10.2. The van der Waals surface area contributed by atoms with Gasteiger partial charge in [0.05, 0.1) is 5.69 Å². The molecule has 0 radical (unpaired) electrons. The first-order chi connectivity index (χ1) is 12.8. The van der Waals surface area contributed by atoms with Gasteiger partial charge in [-0.15, -0.1) is 0 Å². The van der Waals surface area contributed by atoms with Gasteiger partial charge in [-0.2, -0.15) is 16.9 Å². The van der Waals surface area contributed by atoms with Crippen molar-refractivity contribution in [2.75, 3.05) is 5.32 Å². The molecule has 0 spiro atoms. The normalized spacial score (nSPS) is 13.3. The highest BCUT2D eigenvalue weighted by Crippen LogP contribution is 2.35. The smallest absolute Gasteiger partial charge is 0.242 e. The molecule has 1 aromatic heterocycles. The predicted octanol–water partition coefficient (Wildman–Crippen LogP) is 3.32. The number of hydrogen-bond acceptors (Lipinski definition) is 4. The van der Waals surface area contributed by atoms with Gasteiger partial charge in [0.25, 0.3) is 0 Å². The van der Waals surface area contributed by atoms with E-state index in [-0.39, 0.29) is 23.8 Å². The van der Waals surface area contributed by atoms with Crippen LogP contribution in [-0.2, 0) is 34.2 Å². The largest absolute Gasteiger partial charge is 0.350 e. The first-order valence-electron chi connectivity index (χ1n) is 9.08. The molecular formula is C20H26N4O2S. The molecule has 0 unspecified atom stereocenters. The lowest BCUT2D eigenvalue weighted by Gasteiger charge is -2.18. The lowest BCUT2D eigenvalue weighted by Crippen LogP contribution is -2.29. The van der Waals surface area contributed by atoms with Gasteiger partial charge in [-0.25, -0.2) is 4.68 Å². The van der Waals surface area contributed by atoms with Crippen LogP contribution in [0.3, 0.4) is 0 Å². The number of rotatable bonds is 6. The van der Waals surface area contributed by atoms with Crippen molar-refractivity contribution in [3.63, 3.8) is 0 Å².